The molecule has 0 radical (unpaired) electrons. The van der Waals surface area contributed by atoms with Crippen LogP contribution >= 0.6 is 23.2 Å². The number of hydrogen-bond acceptors (Lipinski definition) is 9. The molecule has 0 saturated heterocycles. The quantitative estimate of drug-likeness (QED) is 0.106. The number of hydrogen-bond donors (Lipinski definition) is 4. The monoisotopic (exact) mass is 602 g/mol. The van der Waals surface area contributed by atoms with Crippen LogP contribution in [0.15, 0.2) is 69.3 Å². The van der Waals surface area contributed by atoms with E-state index in [0.29, 0.717) is 50.9 Å². The Morgan fingerprint density at radius 2 is 1.95 bits per heavy atom. The van der Waals surface area contributed by atoms with Crippen LogP contribution in [0.5, 0.6) is 11.5 Å². The Kier molecular flexibility index (Phi) is 9.77. The summed E-state index contributed by atoms with van der Waals surface area (Å²) in [6, 6.07) is 12.4. The Labute approximate surface area is 246 Å². The van der Waals surface area contributed by atoms with Gasteiger partial charge in [-0.25, -0.2) is 9.59 Å². The Hall–Kier alpha value is -4.19. The predicted octanol–water partition coefficient (Wildman–Crippen LogP) is 4.77. The van der Waals surface area contributed by atoms with E-state index < -0.39 is 24.3 Å². The molecule has 1 aromatic heterocycles. The van der Waals surface area contributed by atoms with Gasteiger partial charge < -0.3 is 34.4 Å². The highest BCUT2D eigenvalue weighted by atomic mass is 35.5. The van der Waals surface area contributed by atoms with E-state index in [2.05, 4.69) is 21.2 Å². The highest BCUT2D eigenvalue weighted by molar-refractivity contribution is 6.42. The summed E-state index contributed by atoms with van der Waals surface area (Å²) in [6.45, 7) is 3.59. The first-order chi connectivity index (χ1) is 19.7. The van der Waals surface area contributed by atoms with E-state index in [1.807, 2.05) is 0 Å². The second-order valence-corrected chi connectivity index (χ2v) is 9.56. The Bertz CT molecular complexity index is 1490. The molecule has 1 aliphatic rings. The van der Waals surface area contributed by atoms with Crippen LogP contribution in [0, 0.1) is 0 Å². The molecule has 2 aromatic carbocycles. The number of amides is 2. The maximum atomic E-state index is 12.4. The molecule has 2 atom stereocenters. The van der Waals surface area contributed by atoms with Gasteiger partial charge in [-0.15, -0.1) is 0 Å². The summed E-state index contributed by atoms with van der Waals surface area (Å²) in [5.41, 5.74) is 4.55. The van der Waals surface area contributed by atoms with Gasteiger partial charge in [-0.3, -0.25) is 5.43 Å². The van der Waals surface area contributed by atoms with Gasteiger partial charge in [0.2, 0.25) is 0 Å². The third-order valence-electron chi connectivity index (χ3n) is 5.92. The van der Waals surface area contributed by atoms with E-state index in [1.54, 1.807) is 62.4 Å². The molecule has 0 saturated carbocycles. The molecule has 1 aliphatic heterocycles. The Morgan fingerprint density at radius 1 is 1.15 bits per heavy atom. The van der Waals surface area contributed by atoms with E-state index >= 15 is 0 Å². The molecule has 3 aromatic rings. The summed E-state index contributed by atoms with van der Waals surface area (Å²) < 4.78 is 22.1. The van der Waals surface area contributed by atoms with Crippen molar-refractivity contribution in [3.8, 4) is 22.8 Å². The number of aliphatic hydroxyl groups is 1. The SMILES string of the molecule is CCOc1cc([C@H]2NC(=O)NC(C)=C2C(=O)OC)ccc1OC[C@H](O)N/N=C/c1ccc(-c2ccc(Cl)c(Cl)c2)o1. The molecule has 13 heteroatoms. The van der Waals surface area contributed by atoms with Gasteiger partial charge in [0.1, 0.15) is 18.1 Å². The van der Waals surface area contributed by atoms with Crippen molar-refractivity contribution < 1.29 is 33.3 Å². The molecule has 4 rings (SSSR count). The number of nitrogens with one attached hydrogen (secondary N) is 3. The first-order valence-electron chi connectivity index (χ1n) is 12.5. The standard InChI is InChI=1S/C28H28Cl2N4O7/c1-4-39-23-12-17(26-25(27(36)38-3)15(2)32-28(37)33-26)6-9-22(23)40-14-24(35)34-31-13-18-7-10-21(41-18)16-5-8-19(29)20(30)11-16/h5-13,24,26,34-35H,4,14H2,1-3H3,(H2,32,33,37)/b31-13+/t24-,26+/m0/s1. The fourth-order valence-electron chi connectivity index (χ4n) is 4.04. The minimum absolute atomic E-state index is 0.167. The number of methoxy groups -OCH3 is 1. The number of hydrazone groups is 1. The number of ether oxygens (including phenoxy) is 3. The highest BCUT2D eigenvalue weighted by Crippen LogP contribution is 2.35. The van der Waals surface area contributed by atoms with Crippen LogP contribution in [0.25, 0.3) is 11.3 Å². The van der Waals surface area contributed by atoms with Crippen LogP contribution in [0.2, 0.25) is 10.0 Å². The summed E-state index contributed by atoms with van der Waals surface area (Å²) in [4.78, 5) is 24.5. The first kappa shape index (κ1) is 29.8. The molecule has 0 bridgehead atoms. The molecule has 2 amide bonds. The van der Waals surface area contributed by atoms with Crippen molar-refractivity contribution in [3.63, 3.8) is 0 Å². The molecule has 0 unspecified atom stereocenters. The van der Waals surface area contributed by atoms with E-state index in [9.17, 15) is 14.7 Å². The zero-order valence-electron chi connectivity index (χ0n) is 22.4. The Balaban J connectivity index is 1.39. The summed E-state index contributed by atoms with van der Waals surface area (Å²) in [6.07, 6.45) is 0.247. The van der Waals surface area contributed by atoms with E-state index in [-0.39, 0.29) is 12.2 Å². The van der Waals surface area contributed by atoms with Crippen LogP contribution in [0.3, 0.4) is 0 Å². The average molecular weight is 603 g/mol. The van der Waals surface area contributed by atoms with Crippen molar-refractivity contribution >= 4 is 41.4 Å². The molecule has 41 heavy (non-hydrogen) atoms. The van der Waals surface area contributed by atoms with Gasteiger partial charge in [0.05, 0.1) is 41.6 Å². The van der Waals surface area contributed by atoms with Crippen molar-refractivity contribution in [1.29, 1.82) is 0 Å². The summed E-state index contributed by atoms with van der Waals surface area (Å²) in [5, 5.41) is 20.5. The van der Waals surface area contributed by atoms with Crippen molar-refractivity contribution in [2.75, 3.05) is 20.3 Å². The van der Waals surface area contributed by atoms with Crippen molar-refractivity contribution in [3.05, 3.63) is 81.2 Å². The molecular formula is C28H28Cl2N4O7. The number of carbonyl (C=O) groups excluding carboxylic acids is 2. The zero-order chi connectivity index (χ0) is 29.5. The molecule has 0 spiro atoms. The number of esters is 1. The summed E-state index contributed by atoms with van der Waals surface area (Å²) in [7, 11) is 1.27. The van der Waals surface area contributed by atoms with Crippen LogP contribution in [0.1, 0.15) is 31.2 Å². The fraction of sp³-hybridized carbons (Fsp3) is 0.250. The van der Waals surface area contributed by atoms with Crippen molar-refractivity contribution in [1.82, 2.24) is 16.1 Å². The normalized spacial score (nSPS) is 15.8. The number of nitrogens with zero attached hydrogens (tertiary/aromatic N) is 1. The van der Waals surface area contributed by atoms with E-state index in [1.165, 1.54) is 13.3 Å². The number of urea groups is 1. The summed E-state index contributed by atoms with van der Waals surface area (Å²) in [5.74, 6) is 1.16. The van der Waals surface area contributed by atoms with Gasteiger partial charge in [0.25, 0.3) is 0 Å². The molecule has 11 nitrogen and oxygen atoms in total. The number of allylic oxidation sites excluding steroid dienone is 1. The topological polar surface area (TPSA) is 144 Å². The number of carbonyl (C=O) groups is 2. The Morgan fingerprint density at radius 3 is 2.68 bits per heavy atom. The largest absolute Gasteiger partial charge is 0.490 e. The van der Waals surface area contributed by atoms with E-state index in [0.717, 1.165) is 5.56 Å². The lowest BCUT2D eigenvalue weighted by Crippen LogP contribution is -2.45. The lowest BCUT2D eigenvalue weighted by molar-refractivity contribution is -0.136. The smallest absolute Gasteiger partial charge is 0.337 e. The number of aliphatic hydroxyl groups excluding tert-OH is 1. The number of benzene rings is 2. The van der Waals surface area contributed by atoms with Gasteiger partial charge in [0, 0.05) is 11.3 Å². The zero-order valence-corrected chi connectivity index (χ0v) is 23.9. The van der Waals surface area contributed by atoms with Gasteiger partial charge in [0.15, 0.2) is 17.7 Å². The second-order valence-electron chi connectivity index (χ2n) is 8.75. The van der Waals surface area contributed by atoms with Gasteiger partial charge in [-0.2, -0.15) is 5.10 Å². The van der Waals surface area contributed by atoms with Crippen molar-refractivity contribution in [2.24, 2.45) is 5.10 Å². The maximum Gasteiger partial charge on any atom is 0.337 e. The third-order valence-corrected chi connectivity index (χ3v) is 6.66. The molecule has 216 valence electrons. The average Bonchev–Trinajstić information content (AvgIpc) is 3.42. The predicted molar refractivity (Wildman–Crippen MR) is 153 cm³/mol. The third kappa shape index (κ3) is 7.31. The van der Waals surface area contributed by atoms with Crippen LogP contribution in [-0.2, 0) is 9.53 Å². The summed E-state index contributed by atoms with van der Waals surface area (Å²) >= 11 is 12.0. The fourth-order valence-corrected chi connectivity index (χ4v) is 4.33. The molecule has 0 aliphatic carbocycles. The first-order valence-corrected chi connectivity index (χ1v) is 13.2. The van der Waals surface area contributed by atoms with Gasteiger partial charge in [-0.05, 0) is 61.9 Å². The number of rotatable bonds is 11. The number of furan rings is 1. The van der Waals surface area contributed by atoms with E-state index in [4.69, 9.17) is 41.8 Å². The lowest BCUT2D eigenvalue weighted by atomic mass is 9.95. The lowest BCUT2D eigenvalue weighted by Gasteiger charge is -2.28. The minimum atomic E-state index is -1.16. The van der Waals surface area contributed by atoms with Crippen molar-refractivity contribution in [2.45, 2.75) is 26.1 Å². The van der Waals surface area contributed by atoms with Gasteiger partial charge in [-0.1, -0.05) is 29.3 Å². The van der Waals surface area contributed by atoms with Crippen LogP contribution in [-0.4, -0.2) is 49.9 Å². The molecule has 4 N–H and O–H groups in total. The molecular weight excluding hydrogens is 575 g/mol. The number of halogens is 2. The van der Waals surface area contributed by atoms with Crippen LogP contribution < -0.4 is 25.5 Å². The molecule has 0 fully saturated rings. The van der Waals surface area contributed by atoms with Gasteiger partial charge >= 0.3 is 12.0 Å². The minimum Gasteiger partial charge on any atom is -0.490 e. The highest BCUT2D eigenvalue weighted by Gasteiger charge is 2.32. The maximum absolute atomic E-state index is 12.4. The van der Waals surface area contributed by atoms with Crippen LogP contribution in [0.4, 0.5) is 4.79 Å². The second kappa shape index (κ2) is 13.4. The molecule has 2 heterocycles.